The normalized spacial score (nSPS) is 16.0. The van der Waals surface area contributed by atoms with Crippen LogP contribution in [0.3, 0.4) is 0 Å². The van der Waals surface area contributed by atoms with Gasteiger partial charge in [0.2, 0.25) is 0 Å². The van der Waals surface area contributed by atoms with Crippen LogP contribution in [0, 0.1) is 5.92 Å². The topological polar surface area (TPSA) is 33.4 Å². The molecule has 3 heteroatoms. The summed E-state index contributed by atoms with van der Waals surface area (Å²) < 4.78 is 6.00. The number of aliphatic hydroxyl groups is 1. The zero-order valence-electron chi connectivity index (χ0n) is 7.25. The highest BCUT2D eigenvalue weighted by atomic mass is 79.9. The molecule has 0 fully saturated rings. The zero-order chi connectivity index (χ0) is 9.14. The van der Waals surface area contributed by atoms with Crippen LogP contribution < -0.4 is 0 Å². The minimum Gasteiger partial charge on any atom is -0.465 e. The molecule has 2 nitrogen and oxygen atoms in total. The maximum Gasteiger partial charge on any atom is 0.146 e. The Kier molecular flexibility index (Phi) is 3.35. The van der Waals surface area contributed by atoms with Gasteiger partial charge in [-0.15, -0.1) is 0 Å². The quantitative estimate of drug-likeness (QED) is 0.869. The molecule has 0 radical (unpaired) electrons. The number of hydrogen-bond acceptors (Lipinski definition) is 2. The van der Waals surface area contributed by atoms with E-state index >= 15 is 0 Å². The lowest BCUT2D eigenvalue weighted by atomic mass is 10.0. The van der Waals surface area contributed by atoms with Gasteiger partial charge < -0.3 is 9.52 Å². The highest BCUT2D eigenvalue weighted by Crippen LogP contribution is 2.30. The third-order valence-corrected chi connectivity index (χ3v) is 2.75. The van der Waals surface area contributed by atoms with Crippen molar-refractivity contribution in [3.05, 3.63) is 22.6 Å². The van der Waals surface area contributed by atoms with Crippen molar-refractivity contribution in [3.8, 4) is 0 Å². The Balaban J connectivity index is 2.77. The minimum absolute atomic E-state index is 0.229. The maximum atomic E-state index is 9.74. The Morgan fingerprint density at radius 2 is 2.33 bits per heavy atom. The summed E-state index contributed by atoms with van der Waals surface area (Å²) >= 11 is 3.31. The molecule has 1 rings (SSSR count). The van der Waals surface area contributed by atoms with Gasteiger partial charge in [0.25, 0.3) is 0 Å². The van der Waals surface area contributed by atoms with Gasteiger partial charge in [-0.05, 0) is 27.9 Å². The molecule has 0 aliphatic heterocycles. The first-order valence-corrected chi connectivity index (χ1v) is 4.87. The number of halogens is 1. The first-order chi connectivity index (χ1) is 5.66. The molecule has 12 heavy (non-hydrogen) atoms. The van der Waals surface area contributed by atoms with Gasteiger partial charge in [-0.25, -0.2) is 0 Å². The standard InChI is InChI=1S/C9H13BrO2/c1-3-6(2)8(11)9-7(10)4-5-12-9/h4-6,8,11H,3H2,1-2H3. The fourth-order valence-corrected chi connectivity index (χ4v) is 1.43. The fourth-order valence-electron chi connectivity index (χ4n) is 0.998. The van der Waals surface area contributed by atoms with Crippen molar-refractivity contribution in [2.24, 2.45) is 5.92 Å². The number of rotatable bonds is 3. The third kappa shape index (κ3) is 1.90. The summed E-state index contributed by atoms with van der Waals surface area (Å²) in [5.41, 5.74) is 0. The molecule has 0 saturated heterocycles. The van der Waals surface area contributed by atoms with Gasteiger partial charge in [-0.1, -0.05) is 20.3 Å². The van der Waals surface area contributed by atoms with Gasteiger partial charge in [-0.2, -0.15) is 0 Å². The molecule has 0 saturated carbocycles. The van der Waals surface area contributed by atoms with Gasteiger partial charge in [0.05, 0.1) is 10.7 Å². The zero-order valence-corrected chi connectivity index (χ0v) is 8.84. The molecule has 0 aliphatic carbocycles. The summed E-state index contributed by atoms with van der Waals surface area (Å²) in [6.45, 7) is 4.05. The minimum atomic E-state index is -0.501. The third-order valence-electron chi connectivity index (χ3n) is 2.10. The van der Waals surface area contributed by atoms with Crippen LogP contribution in [0.5, 0.6) is 0 Å². The van der Waals surface area contributed by atoms with Gasteiger partial charge in [0.1, 0.15) is 11.9 Å². The molecule has 0 spiro atoms. The number of hydrogen-bond donors (Lipinski definition) is 1. The van der Waals surface area contributed by atoms with E-state index in [4.69, 9.17) is 4.42 Å². The molecule has 1 aromatic rings. The molecule has 2 unspecified atom stereocenters. The Bertz CT molecular complexity index is 244. The maximum absolute atomic E-state index is 9.74. The smallest absolute Gasteiger partial charge is 0.146 e. The summed E-state index contributed by atoms with van der Waals surface area (Å²) in [5.74, 6) is 0.858. The van der Waals surface area contributed by atoms with Crippen LogP contribution in [0.1, 0.15) is 32.1 Å². The van der Waals surface area contributed by atoms with Crippen LogP contribution in [0.4, 0.5) is 0 Å². The van der Waals surface area contributed by atoms with E-state index in [1.165, 1.54) is 0 Å². The highest BCUT2D eigenvalue weighted by molar-refractivity contribution is 9.10. The second kappa shape index (κ2) is 4.10. The van der Waals surface area contributed by atoms with E-state index in [1.54, 1.807) is 12.3 Å². The van der Waals surface area contributed by atoms with Crippen LogP contribution in [-0.2, 0) is 0 Å². The van der Waals surface area contributed by atoms with E-state index in [1.807, 2.05) is 13.8 Å². The second-order valence-corrected chi connectivity index (χ2v) is 3.82. The number of furan rings is 1. The molecule has 0 aliphatic rings. The fraction of sp³-hybridized carbons (Fsp3) is 0.556. The molecular weight excluding hydrogens is 220 g/mol. The summed E-state index contributed by atoms with van der Waals surface area (Å²) in [4.78, 5) is 0. The Hall–Kier alpha value is -0.280. The van der Waals surface area contributed by atoms with Crippen molar-refractivity contribution >= 4 is 15.9 Å². The molecule has 1 aromatic heterocycles. The van der Waals surface area contributed by atoms with Crippen molar-refractivity contribution < 1.29 is 9.52 Å². The predicted octanol–water partition coefficient (Wildman–Crippen LogP) is 3.12. The molecule has 1 heterocycles. The second-order valence-electron chi connectivity index (χ2n) is 2.96. The summed E-state index contributed by atoms with van der Waals surface area (Å²) in [7, 11) is 0. The van der Waals surface area contributed by atoms with Crippen molar-refractivity contribution in [3.63, 3.8) is 0 Å². The van der Waals surface area contributed by atoms with Crippen molar-refractivity contribution in [1.82, 2.24) is 0 Å². The Labute approximate surface area is 80.7 Å². The van der Waals surface area contributed by atoms with Crippen LogP contribution in [0.15, 0.2) is 21.2 Å². The first-order valence-electron chi connectivity index (χ1n) is 4.07. The molecule has 2 atom stereocenters. The van der Waals surface area contributed by atoms with E-state index in [0.29, 0.717) is 5.76 Å². The predicted molar refractivity (Wildman–Crippen MR) is 50.8 cm³/mol. The lowest BCUT2D eigenvalue weighted by Gasteiger charge is -2.14. The van der Waals surface area contributed by atoms with Gasteiger partial charge >= 0.3 is 0 Å². The molecule has 0 amide bonds. The summed E-state index contributed by atoms with van der Waals surface area (Å²) in [5, 5.41) is 9.74. The van der Waals surface area contributed by atoms with E-state index < -0.39 is 6.10 Å². The van der Waals surface area contributed by atoms with Crippen LogP contribution in [-0.4, -0.2) is 5.11 Å². The van der Waals surface area contributed by atoms with Gasteiger partial charge in [-0.3, -0.25) is 0 Å². The van der Waals surface area contributed by atoms with E-state index in [-0.39, 0.29) is 5.92 Å². The van der Waals surface area contributed by atoms with Crippen molar-refractivity contribution in [1.29, 1.82) is 0 Å². The average molecular weight is 233 g/mol. The Morgan fingerprint density at radius 3 is 2.75 bits per heavy atom. The number of aliphatic hydroxyl groups excluding tert-OH is 1. The highest BCUT2D eigenvalue weighted by Gasteiger charge is 2.19. The SMILES string of the molecule is CCC(C)C(O)c1occc1Br. The average Bonchev–Trinajstić information content (AvgIpc) is 2.48. The molecular formula is C9H13BrO2. The summed E-state index contributed by atoms with van der Waals surface area (Å²) in [6.07, 6.45) is 2.01. The molecule has 0 aromatic carbocycles. The van der Waals surface area contributed by atoms with Gasteiger partial charge in [0.15, 0.2) is 0 Å². The van der Waals surface area contributed by atoms with E-state index in [0.717, 1.165) is 10.9 Å². The van der Waals surface area contributed by atoms with Crippen LogP contribution in [0.25, 0.3) is 0 Å². The molecule has 0 bridgehead atoms. The van der Waals surface area contributed by atoms with E-state index in [9.17, 15) is 5.11 Å². The lowest BCUT2D eigenvalue weighted by molar-refractivity contribution is 0.0914. The largest absolute Gasteiger partial charge is 0.465 e. The van der Waals surface area contributed by atoms with Gasteiger partial charge in [0, 0.05) is 0 Å². The molecule has 1 N–H and O–H groups in total. The Morgan fingerprint density at radius 1 is 1.67 bits per heavy atom. The van der Waals surface area contributed by atoms with E-state index in [2.05, 4.69) is 15.9 Å². The monoisotopic (exact) mass is 232 g/mol. The van der Waals surface area contributed by atoms with Crippen LogP contribution >= 0.6 is 15.9 Å². The van der Waals surface area contributed by atoms with Crippen molar-refractivity contribution in [2.45, 2.75) is 26.4 Å². The first kappa shape index (κ1) is 9.81. The molecule has 68 valence electrons. The van der Waals surface area contributed by atoms with Crippen LogP contribution in [0.2, 0.25) is 0 Å². The summed E-state index contributed by atoms with van der Waals surface area (Å²) in [6, 6.07) is 1.79. The lowest BCUT2D eigenvalue weighted by Crippen LogP contribution is -2.07. The van der Waals surface area contributed by atoms with Crippen molar-refractivity contribution in [2.75, 3.05) is 0 Å².